The molecule has 8 heteroatoms. The van der Waals surface area contributed by atoms with Crippen molar-refractivity contribution in [3.8, 4) is 0 Å². The average molecular weight is 413 g/mol. The molecule has 1 unspecified atom stereocenters. The summed E-state index contributed by atoms with van der Waals surface area (Å²) in [5.41, 5.74) is -0.115. The quantitative estimate of drug-likeness (QED) is 0.715. The Labute approximate surface area is 165 Å². The van der Waals surface area contributed by atoms with Crippen molar-refractivity contribution in [2.45, 2.75) is 25.1 Å². The molecule has 1 aliphatic heterocycles. The van der Waals surface area contributed by atoms with Gasteiger partial charge in [0.25, 0.3) is 0 Å². The van der Waals surface area contributed by atoms with Crippen LogP contribution in [0.4, 0.5) is 23.7 Å². The Balaban J connectivity index is 1.59. The van der Waals surface area contributed by atoms with Crippen LogP contribution in [-0.2, 0) is 6.18 Å². The SMILES string of the molecule is O=C(Nc1ccc(Cl)c(C(F)(F)F)c1)N1CCC(C(O)c2ccccc2)CC1. The molecule has 2 amide bonds. The van der Waals surface area contributed by atoms with E-state index >= 15 is 0 Å². The summed E-state index contributed by atoms with van der Waals surface area (Å²) in [4.78, 5) is 13.9. The molecule has 0 aromatic heterocycles. The van der Waals surface area contributed by atoms with E-state index < -0.39 is 28.9 Å². The van der Waals surface area contributed by atoms with Gasteiger partial charge in [0.05, 0.1) is 16.7 Å². The van der Waals surface area contributed by atoms with Gasteiger partial charge in [0, 0.05) is 18.8 Å². The van der Waals surface area contributed by atoms with Gasteiger partial charge in [-0.3, -0.25) is 0 Å². The van der Waals surface area contributed by atoms with Crippen LogP contribution < -0.4 is 5.32 Å². The van der Waals surface area contributed by atoms with Crippen LogP contribution in [0, 0.1) is 5.92 Å². The van der Waals surface area contributed by atoms with E-state index in [0.717, 1.165) is 17.7 Å². The Kier molecular flexibility index (Phi) is 6.15. The molecule has 1 fully saturated rings. The van der Waals surface area contributed by atoms with Crippen LogP contribution in [0.5, 0.6) is 0 Å². The highest BCUT2D eigenvalue weighted by atomic mass is 35.5. The second-order valence-electron chi connectivity index (χ2n) is 6.80. The third-order valence-electron chi connectivity index (χ3n) is 4.94. The van der Waals surface area contributed by atoms with E-state index in [0.29, 0.717) is 25.9 Å². The molecule has 1 heterocycles. The van der Waals surface area contributed by atoms with Crippen LogP contribution in [0.25, 0.3) is 0 Å². The summed E-state index contributed by atoms with van der Waals surface area (Å²) < 4.78 is 38.8. The fourth-order valence-corrected chi connectivity index (χ4v) is 3.59. The highest BCUT2D eigenvalue weighted by molar-refractivity contribution is 6.31. The highest BCUT2D eigenvalue weighted by Gasteiger charge is 2.34. The first kappa shape index (κ1) is 20.5. The lowest BCUT2D eigenvalue weighted by atomic mass is 9.87. The van der Waals surface area contributed by atoms with Gasteiger partial charge in [-0.25, -0.2) is 4.79 Å². The maximum atomic E-state index is 12.9. The molecule has 0 saturated carbocycles. The number of nitrogens with one attached hydrogen (secondary N) is 1. The Morgan fingerprint density at radius 3 is 2.39 bits per heavy atom. The van der Waals surface area contributed by atoms with Crippen LogP contribution in [0.1, 0.15) is 30.1 Å². The fraction of sp³-hybridized carbons (Fsp3) is 0.350. The summed E-state index contributed by atoms with van der Waals surface area (Å²) in [5, 5.41) is 12.6. The van der Waals surface area contributed by atoms with Crippen molar-refractivity contribution in [1.29, 1.82) is 0 Å². The number of rotatable bonds is 3. The zero-order valence-electron chi connectivity index (χ0n) is 14.9. The minimum atomic E-state index is -4.59. The zero-order valence-corrected chi connectivity index (χ0v) is 15.7. The number of aliphatic hydroxyl groups excluding tert-OH is 1. The number of aliphatic hydroxyl groups is 1. The second kappa shape index (κ2) is 8.41. The topological polar surface area (TPSA) is 52.6 Å². The minimum absolute atomic E-state index is 0.0267. The number of amides is 2. The molecule has 2 N–H and O–H groups in total. The van der Waals surface area contributed by atoms with Crippen molar-refractivity contribution in [3.63, 3.8) is 0 Å². The lowest BCUT2D eigenvalue weighted by molar-refractivity contribution is -0.137. The van der Waals surface area contributed by atoms with Gasteiger partial charge in [-0.2, -0.15) is 13.2 Å². The number of hydrogen-bond acceptors (Lipinski definition) is 2. The summed E-state index contributed by atoms with van der Waals surface area (Å²) in [6, 6.07) is 12.1. The first-order valence-corrected chi connectivity index (χ1v) is 9.29. The first-order valence-electron chi connectivity index (χ1n) is 8.91. The van der Waals surface area contributed by atoms with Crippen molar-refractivity contribution in [1.82, 2.24) is 4.90 Å². The number of piperidine rings is 1. The number of urea groups is 1. The van der Waals surface area contributed by atoms with Crippen molar-refractivity contribution < 1.29 is 23.1 Å². The number of carbonyl (C=O) groups excluding carboxylic acids is 1. The maximum Gasteiger partial charge on any atom is 0.417 e. The smallest absolute Gasteiger partial charge is 0.388 e. The van der Waals surface area contributed by atoms with E-state index in [-0.39, 0.29) is 11.6 Å². The van der Waals surface area contributed by atoms with Gasteiger partial charge in [-0.05, 0) is 42.5 Å². The van der Waals surface area contributed by atoms with Gasteiger partial charge >= 0.3 is 12.2 Å². The Morgan fingerprint density at radius 2 is 1.79 bits per heavy atom. The van der Waals surface area contributed by atoms with E-state index in [4.69, 9.17) is 11.6 Å². The number of nitrogens with zero attached hydrogens (tertiary/aromatic N) is 1. The van der Waals surface area contributed by atoms with Gasteiger partial charge in [0.2, 0.25) is 0 Å². The maximum absolute atomic E-state index is 12.9. The van der Waals surface area contributed by atoms with Crippen molar-refractivity contribution >= 4 is 23.3 Å². The van der Waals surface area contributed by atoms with E-state index in [9.17, 15) is 23.1 Å². The minimum Gasteiger partial charge on any atom is -0.388 e. The molecule has 0 bridgehead atoms. The normalized spacial score (nSPS) is 16.7. The molecular weight excluding hydrogens is 393 g/mol. The lowest BCUT2D eigenvalue weighted by Crippen LogP contribution is -2.42. The largest absolute Gasteiger partial charge is 0.417 e. The van der Waals surface area contributed by atoms with E-state index in [1.54, 1.807) is 0 Å². The highest BCUT2D eigenvalue weighted by Crippen LogP contribution is 2.36. The second-order valence-corrected chi connectivity index (χ2v) is 7.21. The molecule has 3 rings (SSSR count). The van der Waals surface area contributed by atoms with Crippen molar-refractivity contribution in [2.24, 2.45) is 5.92 Å². The van der Waals surface area contributed by atoms with Crippen LogP contribution in [-0.4, -0.2) is 29.1 Å². The molecular formula is C20H20ClF3N2O2. The summed E-state index contributed by atoms with van der Waals surface area (Å²) in [7, 11) is 0. The van der Waals surface area contributed by atoms with Gasteiger partial charge in [-0.15, -0.1) is 0 Å². The zero-order chi connectivity index (χ0) is 20.3. The Bertz CT molecular complexity index is 822. The third kappa shape index (κ3) is 4.77. The molecule has 2 aromatic rings. The predicted molar refractivity (Wildman–Crippen MR) is 101 cm³/mol. The van der Waals surface area contributed by atoms with E-state index in [2.05, 4.69) is 5.32 Å². The number of carbonyl (C=O) groups is 1. The van der Waals surface area contributed by atoms with Crippen LogP contribution in [0.3, 0.4) is 0 Å². The standard InChI is InChI=1S/C20H20ClF3N2O2/c21-17-7-6-15(12-16(17)20(22,23)24)25-19(28)26-10-8-14(9-11-26)18(27)13-4-2-1-3-5-13/h1-7,12,14,18,27H,8-11H2,(H,25,28). The molecule has 1 atom stereocenters. The number of anilines is 1. The number of benzene rings is 2. The fourth-order valence-electron chi connectivity index (χ4n) is 3.36. The average Bonchev–Trinajstić information content (AvgIpc) is 2.69. The molecule has 2 aromatic carbocycles. The number of alkyl halides is 3. The van der Waals surface area contributed by atoms with Crippen molar-refractivity contribution in [3.05, 3.63) is 64.7 Å². The number of halogens is 4. The van der Waals surface area contributed by atoms with Crippen LogP contribution >= 0.6 is 11.6 Å². The molecule has 0 aliphatic carbocycles. The van der Waals surface area contributed by atoms with Gasteiger partial charge < -0.3 is 15.3 Å². The third-order valence-corrected chi connectivity index (χ3v) is 5.27. The summed E-state index contributed by atoms with van der Waals surface area (Å²) in [6.07, 6.45) is -3.98. The summed E-state index contributed by atoms with van der Waals surface area (Å²) in [5.74, 6) is 0.0267. The van der Waals surface area contributed by atoms with Crippen molar-refractivity contribution in [2.75, 3.05) is 18.4 Å². The summed E-state index contributed by atoms with van der Waals surface area (Å²) in [6.45, 7) is 0.834. The molecule has 0 spiro atoms. The van der Waals surface area contributed by atoms with Gasteiger partial charge in [-0.1, -0.05) is 41.9 Å². The Morgan fingerprint density at radius 1 is 1.14 bits per heavy atom. The predicted octanol–water partition coefficient (Wildman–Crippen LogP) is 5.34. The first-order chi connectivity index (χ1) is 13.3. The Hall–Kier alpha value is -2.25. The lowest BCUT2D eigenvalue weighted by Gasteiger charge is -2.34. The van der Waals surface area contributed by atoms with E-state index in [1.165, 1.54) is 11.0 Å². The van der Waals surface area contributed by atoms with E-state index in [1.807, 2.05) is 30.3 Å². The summed E-state index contributed by atoms with van der Waals surface area (Å²) >= 11 is 5.60. The van der Waals surface area contributed by atoms with Gasteiger partial charge in [0.15, 0.2) is 0 Å². The number of hydrogen-bond donors (Lipinski definition) is 2. The number of likely N-dealkylation sites (tertiary alicyclic amines) is 1. The van der Waals surface area contributed by atoms with Crippen LogP contribution in [0.2, 0.25) is 5.02 Å². The molecule has 1 saturated heterocycles. The molecule has 4 nitrogen and oxygen atoms in total. The van der Waals surface area contributed by atoms with Crippen LogP contribution in [0.15, 0.2) is 48.5 Å². The molecule has 150 valence electrons. The van der Waals surface area contributed by atoms with Gasteiger partial charge in [0.1, 0.15) is 0 Å². The molecule has 28 heavy (non-hydrogen) atoms. The molecule has 1 aliphatic rings. The monoisotopic (exact) mass is 412 g/mol. The molecule has 0 radical (unpaired) electrons.